The summed E-state index contributed by atoms with van der Waals surface area (Å²) in [6.07, 6.45) is 9.82. The van der Waals surface area contributed by atoms with E-state index in [1.807, 2.05) is 12.1 Å². The molecule has 0 saturated carbocycles. The molecule has 0 fully saturated rings. The topological polar surface area (TPSA) is 58.9 Å². The number of benzene rings is 1. The molecule has 1 aromatic carbocycles. The van der Waals surface area contributed by atoms with Crippen molar-refractivity contribution in [1.29, 1.82) is 0 Å². The quantitative estimate of drug-likeness (QED) is 0.551. The number of ether oxygens (including phenoxy) is 1. The first kappa shape index (κ1) is 21.1. The summed E-state index contributed by atoms with van der Waals surface area (Å²) in [6.45, 7) is 2.76. The fraction of sp³-hybridized carbons (Fsp3) is 0.455. The minimum atomic E-state index is -0.749. The van der Waals surface area contributed by atoms with E-state index in [1.165, 1.54) is 22.9 Å². The summed E-state index contributed by atoms with van der Waals surface area (Å²) >= 11 is 3.25. The molecule has 1 aliphatic carbocycles. The second-order valence-electron chi connectivity index (χ2n) is 7.11. The van der Waals surface area contributed by atoms with Gasteiger partial charge in [-0.15, -0.1) is 11.8 Å². The summed E-state index contributed by atoms with van der Waals surface area (Å²) in [7, 11) is 0. The van der Waals surface area contributed by atoms with Crippen molar-refractivity contribution in [2.75, 3.05) is 23.9 Å². The predicted molar refractivity (Wildman–Crippen MR) is 120 cm³/mol. The maximum Gasteiger partial charge on any atom is 0.313 e. The van der Waals surface area contributed by atoms with E-state index in [4.69, 9.17) is 14.8 Å². The number of carboxylic acids is 1. The van der Waals surface area contributed by atoms with Gasteiger partial charge in [-0.2, -0.15) is 11.8 Å². The van der Waals surface area contributed by atoms with Gasteiger partial charge in [0.2, 0.25) is 0 Å². The Morgan fingerprint density at radius 2 is 2.32 bits per heavy atom. The van der Waals surface area contributed by atoms with Crippen LogP contribution >= 0.6 is 23.5 Å². The third-order valence-corrected chi connectivity index (χ3v) is 6.74. The molecule has 1 aliphatic heterocycles. The maximum absolute atomic E-state index is 10.5. The molecule has 2 unspecified atom stereocenters. The lowest BCUT2D eigenvalue weighted by Crippen LogP contribution is -2.10. The zero-order valence-electron chi connectivity index (χ0n) is 16.2. The fourth-order valence-electron chi connectivity index (χ4n) is 3.14. The van der Waals surface area contributed by atoms with Crippen LogP contribution in [0.3, 0.4) is 0 Å². The molecule has 0 bridgehead atoms. The maximum atomic E-state index is 10.5. The van der Waals surface area contributed by atoms with Crippen LogP contribution in [0.1, 0.15) is 25.3 Å². The molecule has 0 saturated heterocycles. The Hall–Kier alpha value is -1.66. The molecule has 4 nitrogen and oxygen atoms in total. The number of rotatable bonds is 10. The van der Waals surface area contributed by atoms with Crippen LogP contribution in [0.25, 0.3) is 0 Å². The van der Waals surface area contributed by atoms with Gasteiger partial charge in [-0.05, 0) is 54.2 Å². The highest BCUT2D eigenvalue weighted by atomic mass is 32.2. The van der Waals surface area contributed by atoms with E-state index in [1.54, 1.807) is 11.8 Å². The normalized spacial score (nSPS) is 21.3. The van der Waals surface area contributed by atoms with Gasteiger partial charge < -0.3 is 9.84 Å². The molecular formula is C22H27NO3S2. The van der Waals surface area contributed by atoms with Crippen molar-refractivity contribution in [2.24, 2.45) is 10.9 Å². The van der Waals surface area contributed by atoms with E-state index in [0.717, 1.165) is 41.6 Å². The average Bonchev–Trinajstić information content (AvgIpc) is 3.16. The van der Waals surface area contributed by atoms with Gasteiger partial charge in [0, 0.05) is 5.75 Å². The molecule has 1 N–H and O–H groups in total. The molecule has 2 aliphatic rings. The highest BCUT2D eigenvalue weighted by Crippen LogP contribution is 2.28. The van der Waals surface area contributed by atoms with E-state index in [9.17, 15) is 4.79 Å². The van der Waals surface area contributed by atoms with Crippen LogP contribution in [-0.4, -0.2) is 46.0 Å². The Morgan fingerprint density at radius 3 is 3.11 bits per heavy atom. The van der Waals surface area contributed by atoms with Crippen LogP contribution in [0.2, 0.25) is 0 Å². The number of allylic oxidation sites excluding steroid dienone is 2. The van der Waals surface area contributed by atoms with Crippen molar-refractivity contribution in [3.63, 3.8) is 0 Å². The molecule has 1 heterocycles. The Labute approximate surface area is 175 Å². The standard InChI is InChI=1S/C22H27NO3S2/c1-16-7-9-18(10-8-16)20-14-28-21(23-20)13-26-19-6-2-4-17(12-19)5-3-11-27-15-22(24)25/h2,4,6-7,9-10,12,16,20H,3,5,8,11,13-15H2,1H3,(H,24,25). The highest BCUT2D eigenvalue weighted by molar-refractivity contribution is 8.14. The SMILES string of the molecule is CC1C=CC(C2CSC(COc3cccc(CCCSCC(=O)O)c3)=N2)=CC1. The van der Waals surface area contributed by atoms with Crippen molar-refractivity contribution < 1.29 is 14.6 Å². The number of hydrogen-bond acceptors (Lipinski definition) is 5. The molecule has 0 amide bonds. The van der Waals surface area contributed by atoms with Gasteiger partial charge in [-0.3, -0.25) is 9.79 Å². The average molecular weight is 418 g/mol. The third-order valence-electron chi connectivity index (χ3n) is 4.68. The van der Waals surface area contributed by atoms with Gasteiger partial charge in [0.1, 0.15) is 17.4 Å². The number of aliphatic carboxylic acids is 1. The second kappa shape index (κ2) is 10.8. The van der Waals surface area contributed by atoms with E-state index >= 15 is 0 Å². The van der Waals surface area contributed by atoms with Crippen LogP contribution in [0, 0.1) is 5.92 Å². The molecule has 2 atom stereocenters. The van der Waals surface area contributed by atoms with Crippen LogP contribution in [0.5, 0.6) is 5.75 Å². The van der Waals surface area contributed by atoms with Crippen LogP contribution in [-0.2, 0) is 11.2 Å². The molecule has 0 radical (unpaired) electrons. The molecule has 28 heavy (non-hydrogen) atoms. The Morgan fingerprint density at radius 1 is 1.43 bits per heavy atom. The molecule has 1 aromatic rings. The lowest BCUT2D eigenvalue weighted by atomic mass is 9.95. The number of carbonyl (C=O) groups is 1. The number of aryl methyl sites for hydroxylation is 1. The summed E-state index contributed by atoms with van der Waals surface area (Å²) in [4.78, 5) is 15.4. The van der Waals surface area contributed by atoms with E-state index < -0.39 is 5.97 Å². The molecule has 150 valence electrons. The van der Waals surface area contributed by atoms with Crippen molar-refractivity contribution in [3.8, 4) is 5.75 Å². The third kappa shape index (κ3) is 6.74. The summed E-state index contributed by atoms with van der Waals surface area (Å²) in [5.74, 6) is 2.78. The van der Waals surface area contributed by atoms with Crippen molar-refractivity contribution in [1.82, 2.24) is 0 Å². The number of hydrogen-bond donors (Lipinski definition) is 1. The minimum absolute atomic E-state index is 0.176. The zero-order valence-corrected chi connectivity index (χ0v) is 17.8. The molecule has 3 rings (SSSR count). The minimum Gasteiger partial charge on any atom is -0.487 e. The van der Waals surface area contributed by atoms with Crippen LogP contribution in [0.15, 0.2) is 53.1 Å². The molecular weight excluding hydrogens is 390 g/mol. The van der Waals surface area contributed by atoms with E-state index in [2.05, 4.69) is 37.3 Å². The Kier molecular flexibility index (Phi) is 8.10. The molecule has 6 heteroatoms. The van der Waals surface area contributed by atoms with Gasteiger partial charge in [0.15, 0.2) is 0 Å². The highest BCUT2D eigenvalue weighted by Gasteiger charge is 2.22. The van der Waals surface area contributed by atoms with Crippen molar-refractivity contribution in [3.05, 3.63) is 53.6 Å². The second-order valence-corrected chi connectivity index (χ2v) is 9.31. The summed E-state index contributed by atoms with van der Waals surface area (Å²) in [6, 6.07) is 8.43. The first-order chi connectivity index (χ1) is 13.6. The van der Waals surface area contributed by atoms with Gasteiger partial charge in [0.05, 0.1) is 11.8 Å². The van der Waals surface area contributed by atoms with Crippen LogP contribution in [0.4, 0.5) is 0 Å². The lowest BCUT2D eigenvalue weighted by molar-refractivity contribution is -0.133. The monoisotopic (exact) mass is 417 g/mol. The van der Waals surface area contributed by atoms with Gasteiger partial charge in [-0.1, -0.05) is 37.3 Å². The summed E-state index contributed by atoms with van der Waals surface area (Å²) in [5.41, 5.74) is 2.56. The fourth-order valence-corrected chi connectivity index (χ4v) is 4.77. The Balaban J connectivity index is 1.44. The Bertz CT molecular complexity index is 773. The largest absolute Gasteiger partial charge is 0.487 e. The van der Waals surface area contributed by atoms with Gasteiger partial charge in [-0.25, -0.2) is 0 Å². The lowest BCUT2D eigenvalue weighted by Gasteiger charge is -2.14. The van der Waals surface area contributed by atoms with E-state index in [0.29, 0.717) is 12.5 Å². The predicted octanol–water partition coefficient (Wildman–Crippen LogP) is 4.85. The van der Waals surface area contributed by atoms with E-state index in [-0.39, 0.29) is 11.8 Å². The summed E-state index contributed by atoms with van der Waals surface area (Å²) in [5, 5.41) is 9.72. The van der Waals surface area contributed by atoms with Gasteiger partial charge >= 0.3 is 5.97 Å². The number of aliphatic imine (C=N–C) groups is 1. The number of nitrogens with zero attached hydrogens (tertiary/aromatic N) is 1. The smallest absolute Gasteiger partial charge is 0.313 e. The molecule has 0 spiro atoms. The number of carboxylic acid groups (broad SMARTS) is 1. The number of thioether (sulfide) groups is 2. The first-order valence-electron chi connectivity index (χ1n) is 9.69. The van der Waals surface area contributed by atoms with Crippen LogP contribution < -0.4 is 4.74 Å². The van der Waals surface area contributed by atoms with Gasteiger partial charge in [0.25, 0.3) is 0 Å². The summed E-state index contributed by atoms with van der Waals surface area (Å²) < 4.78 is 5.97. The molecule has 0 aromatic heterocycles. The van der Waals surface area contributed by atoms with Crippen molar-refractivity contribution >= 4 is 34.5 Å². The van der Waals surface area contributed by atoms with Crippen molar-refractivity contribution in [2.45, 2.75) is 32.2 Å². The first-order valence-corrected chi connectivity index (χ1v) is 11.8. The zero-order chi connectivity index (χ0) is 19.8.